The van der Waals surface area contributed by atoms with E-state index in [1.54, 1.807) is 0 Å². The van der Waals surface area contributed by atoms with Crippen molar-refractivity contribution in [2.75, 3.05) is 7.11 Å². The number of hydrogen-bond donors (Lipinski definition) is 0. The Morgan fingerprint density at radius 1 is 1.32 bits per heavy atom. The number of rotatable bonds is 4. The molecule has 1 atom stereocenters. The zero-order chi connectivity index (χ0) is 14.5. The fraction of sp³-hybridized carbons (Fsp3) is 0.867. The Bertz CT molecular complexity index is 332. The minimum Gasteiger partial charge on any atom is -0.469 e. The summed E-state index contributed by atoms with van der Waals surface area (Å²) in [4.78, 5) is 11.2. The van der Waals surface area contributed by atoms with Gasteiger partial charge < -0.3 is 9.47 Å². The van der Waals surface area contributed by atoms with E-state index in [1.165, 1.54) is 7.11 Å². The summed E-state index contributed by atoms with van der Waals surface area (Å²) in [5.41, 5.74) is 0.339. The highest BCUT2D eigenvalue weighted by Crippen LogP contribution is 2.38. The van der Waals surface area contributed by atoms with Gasteiger partial charge in [0.05, 0.1) is 25.7 Å². The molecule has 0 heterocycles. The molecule has 0 amide bonds. The molecule has 1 saturated carbocycles. The Morgan fingerprint density at radius 2 is 1.89 bits per heavy atom. The predicted molar refractivity (Wildman–Crippen MR) is 72.3 cm³/mol. The average Bonchev–Trinajstić information content (AvgIpc) is 2.37. The number of carbonyl (C=O) groups excluding carboxylic acids is 1. The number of carbonyl (C=O) groups is 1. The van der Waals surface area contributed by atoms with E-state index in [2.05, 4.69) is 25.5 Å². The molecule has 0 aromatic carbocycles. The maximum Gasteiger partial charge on any atom is 0.309 e. The molecular formula is C15H25NO3. The van der Waals surface area contributed by atoms with Crippen LogP contribution < -0.4 is 0 Å². The van der Waals surface area contributed by atoms with Gasteiger partial charge in [-0.3, -0.25) is 4.79 Å². The van der Waals surface area contributed by atoms with Crippen LogP contribution in [-0.4, -0.2) is 25.3 Å². The van der Waals surface area contributed by atoms with Gasteiger partial charge in [0.2, 0.25) is 0 Å². The Kier molecular flexibility index (Phi) is 5.81. The van der Waals surface area contributed by atoms with Gasteiger partial charge in [-0.2, -0.15) is 5.26 Å². The second-order valence-corrected chi connectivity index (χ2v) is 6.37. The normalized spacial score (nSPS) is 25.4. The first kappa shape index (κ1) is 16.0. The van der Waals surface area contributed by atoms with Crippen LogP contribution in [-0.2, 0) is 14.3 Å². The fourth-order valence-electron chi connectivity index (χ4n) is 2.66. The smallest absolute Gasteiger partial charge is 0.309 e. The number of esters is 1. The van der Waals surface area contributed by atoms with Gasteiger partial charge in [0.15, 0.2) is 6.10 Å². The van der Waals surface area contributed by atoms with Crippen molar-refractivity contribution in [2.24, 2.45) is 11.3 Å². The molecule has 1 aliphatic carbocycles. The molecule has 0 aliphatic heterocycles. The second-order valence-electron chi connectivity index (χ2n) is 6.37. The predicted octanol–water partition coefficient (Wildman–Crippen LogP) is 3.06. The van der Waals surface area contributed by atoms with Crippen molar-refractivity contribution in [3.05, 3.63) is 0 Å². The monoisotopic (exact) mass is 267 g/mol. The minimum absolute atomic E-state index is 0.0200. The van der Waals surface area contributed by atoms with Crippen LogP contribution in [0.3, 0.4) is 0 Å². The van der Waals surface area contributed by atoms with Crippen molar-refractivity contribution in [3.8, 4) is 6.07 Å². The number of methoxy groups -OCH3 is 1. The zero-order valence-electron chi connectivity index (χ0n) is 12.4. The molecule has 0 bridgehead atoms. The van der Waals surface area contributed by atoms with E-state index in [0.717, 1.165) is 25.7 Å². The average molecular weight is 267 g/mol. The van der Waals surface area contributed by atoms with E-state index in [0.29, 0.717) is 11.3 Å². The highest BCUT2D eigenvalue weighted by Gasteiger charge is 2.31. The van der Waals surface area contributed by atoms with Crippen LogP contribution >= 0.6 is 0 Å². The van der Waals surface area contributed by atoms with Crippen LogP contribution in [0, 0.1) is 22.7 Å². The lowest BCUT2D eigenvalue weighted by Crippen LogP contribution is -2.31. The first-order valence-corrected chi connectivity index (χ1v) is 6.98. The first-order valence-electron chi connectivity index (χ1n) is 6.98. The summed E-state index contributed by atoms with van der Waals surface area (Å²) in [6, 6.07) is 2.03. The summed E-state index contributed by atoms with van der Waals surface area (Å²) in [5.74, 6) is 0.323. The van der Waals surface area contributed by atoms with Gasteiger partial charge in [-0.25, -0.2) is 0 Å². The SMILES string of the molecule is COC(=O)CC(C#N)OC1CCC(C(C)(C)C)CC1. The van der Waals surface area contributed by atoms with Crippen molar-refractivity contribution in [2.45, 2.75) is 65.1 Å². The number of ether oxygens (including phenoxy) is 2. The molecule has 1 fully saturated rings. The molecule has 1 aliphatic rings. The maximum atomic E-state index is 11.2. The molecule has 0 aromatic rings. The molecule has 0 aromatic heterocycles. The van der Waals surface area contributed by atoms with E-state index in [9.17, 15) is 4.79 Å². The summed E-state index contributed by atoms with van der Waals surface area (Å²) in [6.07, 6.45) is 3.65. The highest BCUT2D eigenvalue weighted by molar-refractivity contribution is 5.70. The summed E-state index contributed by atoms with van der Waals surface area (Å²) < 4.78 is 10.3. The van der Waals surface area contributed by atoms with E-state index in [-0.39, 0.29) is 12.5 Å². The number of hydrogen-bond acceptors (Lipinski definition) is 4. The minimum atomic E-state index is -0.677. The third kappa shape index (κ3) is 5.20. The lowest BCUT2D eigenvalue weighted by Gasteiger charge is -2.37. The van der Waals surface area contributed by atoms with E-state index in [4.69, 9.17) is 10.00 Å². The van der Waals surface area contributed by atoms with Crippen LogP contribution in [0.1, 0.15) is 52.9 Å². The molecule has 108 valence electrons. The molecule has 1 unspecified atom stereocenters. The van der Waals surface area contributed by atoms with E-state index in [1.807, 2.05) is 6.07 Å². The summed E-state index contributed by atoms with van der Waals surface area (Å²) in [7, 11) is 1.32. The molecule has 4 nitrogen and oxygen atoms in total. The zero-order valence-corrected chi connectivity index (χ0v) is 12.4. The van der Waals surface area contributed by atoms with Crippen molar-refractivity contribution < 1.29 is 14.3 Å². The van der Waals surface area contributed by atoms with Gasteiger partial charge in [-0.1, -0.05) is 20.8 Å². The second kappa shape index (κ2) is 6.91. The standard InChI is InChI=1S/C15H25NO3/c1-15(2,3)11-5-7-12(8-6-11)19-13(10-16)9-14(17)18-4/h11-13H,5-9H2,1-4H3. The van der Waals surface area contributed by atoms with Crippen LogP contribution in [0.15, 0.2) is 0 Å². The van der Waals surface area contributed by atoms with Crippen molar-refractivity contribution in [1.82, 2.24) is 0 Å². The summed E-state index contributed by atoms with van der Waals surface area (Å²) in [5, 5.41) is 9.00. The van der Waals surface area contributed by atoms with Crippen molar-refractivity contribution in [1.29, 1.82) is 5.26 Å². The van der Waals surface area contributed by atoms with E-state index < -0.39 is 12.1 Å². The molecular weight excluding hydrogens is 242 g/mol. The Labute approximate surface area is 116 Å². The van der Waals surface area contributed by atoms with Gasteiger partial charge in [-0.15, -0.1) is 0 Å². The molecule has 19 heavy (non-hydrogen) atoms. The number of nitriles is 1. The lowest BCUT2D eigenvalue weighted by molar-refractivity contribution is -0.144. The Hall–Kier alpha value is -1.08. The van der Waals surface area contributed by atoms with Crippen LogP contribution in [0.2, 0.25) is 0 Å². The molecule has 0 saturated heterocycles. The quantitative estimate of drug-likeness (QED) is 0.734. The van der Waals surface area contributed by atoms with Crippen LogP contribution in [0.25, 0.3) is 0 Å². The lowest BCUT2D eigenvalue weighted by atomic mass is 9.72. The third-order valence-corrected chi connectivity index (χ3v) is 3.98. The number of nitrogens with zero attached hydrogens (tertiary/aromatic N) is 1. The Balaban J connectivity index is 2.39. The van der Waals surface area contributed by atoms with Crippen LogP contribution in [0.4, 0.5) is 0 Å². The topological polar surface area (TPSA) is 59.3 Å². The summed E-state index contributed by atoms with van der Waals surface area (Å²) >= 11 is 0. The molecule has 0 radical (unpaired) electrons. The Morgan fingerprint density at radius 3 is 2.32 bits per heavy atom. The van der Waals surface area contributed by atoms with Crippen molar-refractivity contribution in [3.63, 3.8) is 0 Å². The van der Waals surface area contributed by atoms with Gasteiger partial charge in [0, 0.05) is 0 Å². The van der Waals surface area contributed by atoms with E-state index >= 15 is 0 Å². The molecule has 0 spiro atoms. The molecule has 4 heteroatoms. The molecule has 0 N–H and O–H groups in total. The molecule has 1 rings (SSSR count). The largest absolute Gasteiger partial charge is 0.469 e. The fourth-order valence-corrected chi connectivity index (χ4v) is 2.66. The third-order valence-electron chi connectivity index (χ3n) is 3.98. The van der Waals surface area contributed by atoms with Gasteiger partial charge in [0.25, 0.3) is 0 Å². The first-order chi connectivity index (χ1) is 8.86. The van der Waals surface area contributed by atoms with Crippen LogP contribution in [0.5, 0.6) is 0 Å². The van der Waals surface area contributed by atoms with Gasteiger partial charge >= 0.3 is 5.97 Å². The van der Waals surface area contributed by atoms with Crippen molar-refractivity contribution >= 4 is 5.97 Å². The maximum absolute atomic E-state index is 11.2. The highest BCUT2D eigenvalue weighted by atomic mass is 16.5. The summed E-state index contributed by atoms with van der Waals surface area (Å²) in [6.45, 7) is 6.82. The van der Waals surface area contributed by atoms with Gasteiger partial charge in [-0.05, 0) is 37.0 Å². The van der Waals surface area contributed by atoms with Gasteiger partial charge in [0.1, 0.15) is 0 Å².